The molecule has 0 aromatic heterocycles. The fourth-order valence-electron chi connectivity index (χ4n) is 2.11. The number of aromatic hydroxyl groups is 1. The van der Waals surface area contributed by atoms with Crippen LogP contribution in [0.25, 0.3) is 0 Å². The van der Waals surface area contributed by atoms with Crippen LogP contribution in [-0.2, 0) is 4.79 Å². The van der Waals surface area contributed by atoms with E-state index in [4.69, 9.17) is 5.11 Å². The molecule has 92 valence electrons. The zero-order valence-electron chi connectivity index (χ0n) is 9.40. The molecule has 0 aliphatic carbocycles. The lowest BCUT2D eigenvalue weighted by Gasteiger charge is -2.13. The van der Waals surface area contributed by atoms with Crippen LogP contribution in [0.4, 0.5) is 4.39 Å². The molecule has 0 radical (unpaired) electrons. The Kier molecular flexibility index (Phi) is 3.02. The second-order valence-electron chi connectivity index (χ2n) is 4.39. The SMILES string of the molecule is Cc1cc(F)c(C2CC(C(=O)O)CN2)cc1O. The van der Waals surface area contributed by atoms with Crippen LogP contribution in [-0.4, -0.2) is 22.7 Å². The van der Waals surface area contributed by atoms with Gasteiger partial charge in [-0.1, -0.05) is 0 Å². The third-order valence-electron chi connectivity index (χ3n) is 3.17. The van der Waals surface area contributed by atoms with Crippen LogP contribution in [0.2, 0.25) is 0 Å². The molecule has 1 aromatic rings. The molecule has 3 N–H and O–H groups in total. The van der Waals surface area contributed by atoms with Gasteiger partial charge < -0.3 is 15.5 Å². The highest BCUT2D eigenvalue weighted by Crippen LogP contribution is 2.32. The number of rotatable bonds is 2. The lowest BCUT2D eigenvalue weighted by atomic mass is 9.98. The first kappa shape index (κ1) is 11.9. The van der Waals surface area contributed by atoms with Gasteiger partial charge in [-0.25, -0.2) is 4.39 Å². The number of phenols is 1. The second kappa shape index (κ2) is 4.33. The summed E-state index contributed by atoms with van der Waals surface area (Å²) in [5.74, 6) is -1.76. The molecule has 4 nitrogen and oxygen atoms in total. The molecule has 1 saturated heterocycles. The fraction of sp³-hybridized carbons (Fsp3) is 0.417. The Bertz CT molecular complexity index is 461. The van der Waals surface area contributed by atoms with Gasteiger partial charge in [0.25, 0.3) is 0 Å². The van der Waals surface area contributed by atoms with E-state index in [-0.39, 0.29) is 11.8 Å². The van der Waals surface area contributed by atoms with Crippen LogP contribution >= 0.6 is 0 Å². The van der Waals surface area contributed by atoms with E-state index >= 15 is 0 Å². The smallest absolute Gasteiger partial charge is 0.307 e. The largest absolute Gasteiger partial charge is 0.508 e. The quantitative estimate of drug-likeness (QED) is 0.732. The van der Waals surface area contributed by atoms with E-state index in [0.717, 1.165) is 0 Å². The van der Waals surface area contributed by atoms with Gasteiger partial charge in [-0.15, -0.1) is 0 Å². The van der Waals surface area contributed by atoms with Crippen molar-refractivity contribution in [1.82, 2.24) is 5.32 Å². The number of phenolic OH excluding ortho intramolecular Hbond substituents is 1. The molecular formula is C12H14FNO3. The van der Waals surface area contributed by atoms with Crippen LogP contribution < -0.4 is 5.32 Å². The number of carbonyl (C=O) groups is 1. The third-order valence-corrected chi connectivity index (χ3v) is 3.17. The Balaban J connectivity index is 2.24. The molecule has 0 amide bonds. The first-order valence-corrected chi connectivity index (χ1v) is 5.44. The number of carboxylic acids is 1. The molecule has 1 aliphatic heterocycles. The van der Waals surface area contributed by atoms with Crippen molar-refractivity contribution in [3.63, 3.8) is 0 Å². The summed E-state index contributed by atoms with van der Waals surface area (Å²) < 4.78 is 13.7. The van der Waals surface area contributed by atoms with Gasteiger partial charge in [-0.2, -0.15) is 0 Å². The van der Waals surface area contributed by atoms with Gasteiger partial charge in [0.1, 0.15) is 11.6 Å². The Morgan fingerprint density at radius 3 is 2.82 bits per heavy atom. The van der Waals surface area contributed by atoms with E-state index < -0.39 is 17.7 Å². The Morgan fingerprint density at radius 1 is 1.53 bits per heavy atom. The fourth-order valence-corrected chi connectivity index (χ4v) is 2.11. The predicted octanol–water partition coefficient (Wildman–Crippen LogP) is 1.57. The minimum Gasteiger partial charge on any atom is -0.508 e. The molecule has 1 aromatic carbocycles. The molecule has 0 saturated carbocycles. The van der Waals surface area contributed by atoms with E-state index in [1.165, 1.54) is 12.1 Å². The van der Waals surface area contributed by atoms with E-state index in [1.54, 1.807) is 6.92 Å². The molecule has 2 unspecified atom stereocenters. The van der Waals surface area contributed by atoms with Crippen LogP contribution in [0.15, 0.2) is 12.1 Å². The Morgan fingerprint density at radius 2 is 2.24 bits per heavy atom. The van der Waals surface area contributed by atoms with Crippen molar-refractivity contribution in [3.8, 4) is 5.75 Å². The highest BCUT2D eigenvalue weighted by atomic mass is 19.1. The second-order valence-corrected chi connectivity index (χ2v) is 4.39. The van der Waals surface area contributed by atoms with Crippen molar-refractivity contribution >= 4 is 5.97 Å². The van der Waals surface area contributed by atoms with Gasteiger partial charge in [-0.3, -0.25) is 4.79 Å². The lowest BCUT2D eigenvalue weighted by molar-refractivity contribution is -0.141. The van der Waals surface area contributed by atoms with Crippen LogP contribution in [0.3, 0.4) is 0 Å². The molecule has 1 fully saturated rings. The number of halogens is 1. The van der Waals surface area contributed by atoms with Gasteiger partial charge in [0.15, 0.2) is 0 Å². The minimum absolute atomic E-state index is 0.0296. The van der Waals surface area contributed by atoms with Gasteiger partial charge in [0, 0.05) is 18.2 Å². The minimum atomic E-state index is -0.878. The van der Waals surface area contributed by atoms with Crippen LogP contribution in [0.5, 0.6) is 5.75 Å². The molecule has 0 bridgehead atoms. The molecular weight excluding hydrogens is 225 g/mol. The van der Waals surface area contributed by atoms with Crippen molar-refractivity contribution in [2.45, 2.75) is 19.4 Å². The van der Waals surface area contributed by atoms with E-state index in [0.29, 0.717) is 24.1 Å². The van der Waals surface area contributed by atoms with E-state index in [2.05, 4.69) is 5.32 Å². The molecule has 2 atom stereocenters. The number of hydrogen-bond donors (Lipinski definition) is 3. The summed E-state index contributed by atoms with van der Waals surface area (Å²) in [6.07, 6.45) is 0.342. The van der Waals surface area contributed by atoms with Crippen molar-refractivity contribution < 1.29 is 19.4 Å². The summed E-state index contributed by atoms with van der Waals surface area (Å²) in [6, 6.07) is 2.29. The number of benzene rings is 1. The molecule has 2 rings (SSSR count). The third kappa shape index (κ3) is 2.24. The van der Waals surface area contributed by atoms with Crippen molar-refractivity contribution in [1.29, 1.82) is 0 Å². The van der Waals surface area contributed by atoms with Gasteiger partial charge in [0.05, 0.1) is 5.92 Å². The summed E-state index contributed by atoms with van der Waals surface area (Å²) in [4.78, 5) is 10.8. The molecule has 0 spiro atoms. The number of hydrogen-bond acceptors (Lipinski definition) is 3. The monoisotopic (exact) mass is 239 g/mol. The zero-order valence-corrected chi connectivity index (χ0v) is 9.40. The molecule has 1 aliphatic rings. The maximum absolute atomic E-state index is 13.7. The van der Waals surface area contributed by atoms with E-state index in [9.17, 15) is 14.3 Å². The average molecular weight is 239 g/mol. The van der Waals surface area contributed by atoms with Crippen molar-refractivity contribution in [2.24, 2.45) is 5.92 Å². The van der Waals surface area contributed by atoms with E-state index in [1.807, 2.05) is 0 Å². The van der Waals surface area contributed by atoms with Crippen molar-refractivity contribution in [2.75, 3.05) is 6.54 Å². The van der Waals surface area contributed by atoms with Crippen molar-refractivity contribution in [3.05, 3.63) is 29.1 Å². The molecule has 5 heteroatoms. The topological polar surface area (TPSA) is 69.6 Å². The van der Waals surface area contributed by atoms with Gasteiger partial charge in [-0.05, 0) is 31.0 Å². The molecule has 1 heterocycles. The first-order valence-electron chi connectivity index (χ1n) is 5.44. The number of aryl methyl sites for hydroxylation is 1. The maximum atomic E-state index is 13.7. The Labute approximate surface area is 98.1 Å². The summed E-state index contributed by atoms with van der Waals surface area (Å²) in [5, 5.41) is 21.4. The number of nitrogens with one attached hydrogen (secondary N) is 1. The van der Waals surface area contributed by atoms with Crippen LogP contribution in [0, 0.1) is 18.7 Å². The summed E-state index contributed by atoms with van der Waals surface area (Å²) in [7, 11) is 0. The normalized spacial score (nSPS) is 23.9. The van der Waals surface area contributed by atoms with Gasteiger partial charge >= 0.3 is 5.97 Å². The van der Waals surface area contributed by atoms with Gasteiger partial charge in [0.2, 0.25) is 0 Å². The lowest BCUT2D eigenvalue weighted by Crippen LogP contribution is -2.17. The van der Waals surface area contributed by atoms with Crippen LogP contribution in [0.1, 0.15) is 23.6 Å². The summed E-state index contributed by atoms with van der Waals surface area (Å²) in [5.41, 5.74) is 0.802. The number of aliphatic carboxylic acids is 1. The maximum Gasteiger partial charge on any atom is 0.307 e. The summed E-state index contributed by atoms with van der Waals surface area (Å²) in [6.45, 7) is 1.94. The highest BCUT2D eigenvalue weighted by molar-refractivity contribution is 5.70. The Hall–Kier alpha value is -1.62. The molecule has 17 heavy (non-hydrogen) atoms. The summed E-state index contributed by atoms with van der Waals surface area (Å²) >= 11 is 0. The number of carboxylic acid groups (broad SMARTS) is 1. The zero-order chi connectivity index (χ0) is 12.6. The first-order chi connectivity index (χ1) is 7.99. The predicted molar refractivity (Wildman–Crippen MR) is 59.3 cm³/mol. The highest BCUT2D eigenvalue weighted by Gasteiger charge is 2.31. The average Bonchev–Trinajstić information content (AvgIpc) is 2.72. The standard InChI is InChI=1S/C12H14FNO3/c1-6-2-9(13)8(4-11(6)15)10-3-7(5-14-10)12(16)17/h2,4,7,10,14-15H,3,5H2,1H3,(H,16,17).